The van der Waals surface area contributed by atoms with Gasteiger partial charge in [0.1, 0.15) is 5.69 Å². The molecule has 1 saturated heterocycles. The van der Waals surface area contributed by atoms with Crippen molar-refractivity contribution in [1.29, 1.82) is 0 Å². The van der Waals surface area contributed by atoms with Crippen molar-refractivity contribution >= 4 is 17.3 Å². The van der Waals surface area contributed by atoms with Gasteiger partial charge in [-0.15, -0.1) is 0 Å². The van der Waals surface area contributed by atoms with E-state index in [-0.39, 0.29) is 29.3 Å². The smallest absolute Gasteiger partial charge is 0.293 e. The summed E-state index contributed by atoms with van der Waals surface area (Å²) in [7, 11) is 1.60. The summed E-state index contributed by atoms with van der Waals surface area (Å²) >= 11 is 0. The molecular formula is C14H19N3O4. The van der Waals surface area contributed by atoms with Gasteiger partial charge in [-0.25, -0.2) is 0 Å². The number of carbonyl (C=O) groups is 1. The minimum Gasteiger partial charge on any atom is -0.383 e. The molecule has 0 spiro atoms. The number of nitrogens with one attached hydrogen (secondary N) is 2. The maximum absolute atomic E-state index is 12.2. The fourth-order valence-corrected chi connectivity index (χ4v) is 2.42. The molecule has 0 bridgehead atoms. The largest absolute Gasteiger partial charge is 0.383 e. The normalized spacial score (nSPS) is 19.0. The summed E-state index contributed by atoms with van der Waals surface area (Å²) in [6, 6.07) is 4.26. The minimum absolute atomic E-state index is 0.0144. The zero-order valence-electron chi connectivity index (χ0n) is 12.1. The number of carbonyl (C=O) groups excluding carboxylic acids is 1. The molecule has 1 aromatic rings. The van der Waals surface area contributed by atoms with Crippen LogP contribution in [-0.4, -0.2) is 36.6 Å². The second-order valence-electron chi connectivity index (χ2n) is 5.05. The summed E-state index contributed by atoms with van der Waals surface area (Å²) in [5.41, 5.74) is 0.532. The molecule has 0 radical (unpaired) electrons. The average molecular weight is 293 g/mol. The first-order valence-corrected chi connectivity index (χ1v) is 6.91. The van der Waals surface area contributed by atoms with Crippen LogP contribution in [0.15, 0.2) is 18.2 Å². The lowest BCUT2D eigenvalue weighted by Gasteiger charge is -2.20. The molecule has 0 aromatic heterocycles. The molecule has 1 heterocycles. The van der Waals surface area contributed by atoms with Gasteiger partial charge in [0.05, 0.1) is 17.1 Å². The number of hydrogen-bond donors (Lipinski definition) is 2. The Bertz CT molecular complexity index is 541. The maximum Gasteiger partial charge on any atom is 0.293 e. The van der Waals surface area contributed by atoms with Gasteiger partial charge in [0, 0.05) is 25.3 Å². The highest BCUT2D eigenvalue weighted by Crippen LogP contribution is 2.25. The van der Waals surface area contributed by atoms with Crippen molar-refractivity contribution < 1.29 is 14.5 Å². The fourth-order valence-electron chi connectivity index (χ4n) is 2.42. The number of hydrogen-bond acceptors (Lipinski definition) is 5. The molecular weight excluding hydrogens is 274 g/mol. The van der Waals surface area contributed by atoms with Crippen LogP contribution in [0.25, 0.3) is 0 Å². The van der Waals surface area contributed by atoms with E-state index >= 15 is 0 Å². The first-order valence-electron chi connectivity index (χ1n) is 6.91. The number of nitro benzene ring substituents is 1. The molecule has 1 fully saturated rings. The minimum atomic E-state index is -0.508. The third-order valence-corrected chi connectivity index (χ3v) is 3.61. The predicted octanol–water partition coefficient (Wildman–Crippen LogP) is 1.93. The molecule has 1 aliphatic heterocycles. The third-order valence-electron chi connectivity index (χ3n) is 3.61. The molecule has 0 saturated carbocycles. The van der Waals surface area contributed by atoms with Gasteiger partial charge in [0.2, 0.25) is 0 Å². The molecule has 7 heteroatoms. The van der Waals surface area contributed by atoms with Crippen molar-refractivity contribution in [3.63, 3.8) is 0 Å². The summed E-state index contributed by atoms with van der Waals surface area (Å²) in [5.74, 6) is -0.330. The lowest BCUT2D eigenvalue weighted by Crippen LogP contribution is -2.40. The van der Waals surface area contributed by atoms with Gasteiger partial charge in [-0.3, -0.25) is 14.9 Å². The van der Waals surface area contributed by atoms with Crippen molar-refractivity contribution in [3.8, 4) is 0 Å². The van der Waals surface area contributed by atoms with E-state index in [1.54, 1.807) is 13.1 Å². The van der Waals surface area contributed by atoms with Gasteiger partial charge in [-0.2, -0.15) is 0 Å². The Labute approximate surface area is 122 Å². The number of anilines is 1. The summed E-state index contributed by atoms with van der Waals surface area (Å²) < 4.78 is 5.52. The standard InChI is InChI=1S/C14H19N3O4/c1-9(13-4-3-7-21-13)16-14(18)10-5-6-11(15-2)12(8-10)17(19)20/h5-6,8-9,13,15H,3-4,7H2,1-2H3,(H,16,18). The lowest BCUT2D eigenvalue weighted by molar-refractivity contribution is -0.384. The fraction of sp³-hybridized carbons (Fsp3) is 0.500. The molecule has 114 valence electrons. The summed E-state index contributed by atoms with van der Waals surface area (Å²) in [6.45, 7) is 2.59. The molecule has 2 N–H and O–H groups in total. The van der Waals surface area contributed by atoms with E-state index in [0.29, 0.717) is 12.3 Å². The van der Waals surface area contributed by atoms with Crippen molar-refractivity contribution in [2.45, 2.75) is 31.9 Å². The van der Waals surface area contributed by atoms with Crippen molar-refractivity contribution in [1.82, 2.24) is 5.32 Å². The molecule has 2 unspecified atom stereocenters. The van der Waals surface area contributed by atoms with Gasteiger partial charge in [0.25, 0.3) is 11.6 Å². The molecule has 2 rings (SSSR count). The highest BCUT2D eigenvalue weighted by Gasteiger charge is 2.25. The van der Waals surface area contributed by atoms with Gasteiger partial charge >= 0.3 is 0 Å². The second-order valence-corrected chi connectivity index (χ2v) is 5.05. The predicted molar refractivity (Wildman–Crippen MR) is 78.5 cm³/mol. The van der Waals surface area contributed by atoms with Crippen LogP contribution < -0.4 is 10.6 Å². The zero-order chi connectivity index (χ0) is 15.4. The third kappa shape index (κ3) is 3.49. The van der Waals surface area contributed by atoms with Crippen LogP contribution >= 0.6 is 0 Å². The summed E-state index contributed by atoms with van der Waals surface area (Å²) in [4.78, 5) is 22.7. The summed E-state index contributed by atoms with van der Waals surface area (Å²) in [5, 5.41) is 16.6. The Kier molecular flexibility index (Phi) is 4.74. The van der Waals surface area contributed by atoms with E-state index in [1.165, 1.54) is 12.1 Å². The van der Waals surface area contributed by atoms with E-state index in [0.717, 1.165) is 12.8 Å². The Morgan fingerprint density at radius 3 is 2.86 bits per heavy atom. The first kappa shape index (κ1) is 15.2. The number of nitrogens with zero attached hydrogens (tertiary/aromatic N) is 1. The molecule has 21 heavy (non-hydrogen) atoms. The number of nitro groups is 1. The van der Waals surface area contributed by atoms with Crippen LogP contribution in [0.1, 0.15) is 30.1 Å². The number of benzene rings is 1. The van der Waals surface area contributed by atoms with E-state index in [4.69, 9.17) is 4.74 Å². The highest BCUT2D eigenvalue weighted by molar-refractivity contribution is 5.95. The van der Waals surface area contributed by atoms with Gasteiger partial charge in [-0.1, -0.05) is 0 Å². The quantitative estimate of drug-likeness (QED) is 0.639. The van der Waals surface area contributed by atoms with Crippen LogP contribution in [0.2, 0.25) is 0 Å². The van der Waals surface area contributed by atoms with Gasteiger partial charge in [0.15, 0.2) is 0 Å². The highest BCUT2D eigenvalue weighted by atomic mass is 16.6. The summed E-state index contributed by atoms with van der Waals surface area (Å²) in [6.07, 6.45) is 1.92. The van der Waals surface area contributed by atoms with Gasteiger partial charge in [-0.05, 0) is 31.9 Å². The van der Waals surface area contributed by atoms with Crippen LogP contribution in [0.5, 0.6) is 0 Å². The van der Waals surface area contributed by atoms with Crippen molar-refractivity contribution in [2.24, 2.45) is 0 Å². The topological polar surface area (TPSA) is 93.5 Å². The monoisotopic (exact) mass is 293 g/mol. The van der Waals surface area contributed by atoms with Crippen molar-refractivity contribution in [2.75, 3.05) is 19.0 Å². The van der Waals surface area contributed by atoms with E-state index in [1.807, 2.05) is 6.92 Å². The lowest BCUT2D eigenvalue weighted by atomic mass is 10.1. The Morgan fingerprint density at radius 1 is 1.52 bits per heavy atom. The van der Waals surface area contributed by atoms with E-state index < -0.39 is 4.92 Å². The first-order chi connectivity index (χ1) is 10.0. The van der Waals surface area contributed by atoms with Crippen LogP contribution in [0.4, 0.5) is 11.4 Å². The Morgan fingerprint density at radius 2 is 2.29 bits per heavy atom. The Balaban J connectivity index is 2.11. The molecule has 1 aromatic carbocycles. The number of rotatable bonds is 5. The zero-order valence-corrected chi connectivity index (χ0v) is 12.1. The van der Waals surface area contributed by atoms with E-state index in [9.17, 15) is 14.9 Å². The second kappa shape index (κ2) is 6.53. The number of amides is 1. The molecule has 2 atom stereocenters. The van der Waals surface area contributed by atoms with Crippen LogP contribution in [0, 0.1) is 10.1 Å². The SMILES string of the molecule is CNc1ccc(C(=O)NC(C)C2CCCO2)cc1[N+](=O)[O-]. The average Bonchev–Trinajstić information content (AvgIpc) is 3.00. The number of ether oxygens (including phenoxy) is 1. The Hall–Kier alpha value is -2.15. The van der Waals surface area contributed by atoms with Crippen molar-refractivity contribution in [3.05, 3.63) is 33.9 Å². The molecule has 1 aliphatic rings. The van der Waals surface area contributed by atoms with Crippen LogP contribution in [-0.2, 0) is 4.74 Å². The molecule has 0 aliphatic carbocycles. The van der Waals surface area contributed by atoms with E-state index in [2.05, 4.69) is 10.6 Å². The van der Waals surface area contributed by atoms with Crippen LogP contribution in [0.3, 0.4) is 0 Å². The molecule has 1 amide bonds. The van der Waals surface area contributed by atoms with Gasteiger partial charge < -0.3 is 15.4 Å². The maximum atomic E-state index is 12.2. The molecule has 7 nitrogen and oxygen atoms in total.